The van der Waals surface area contributed by atoms with E-state index < -0.39 is 0 Å². The van der Waals surface area contributed by atoms with Crippen molar-refractivity contribution in [3.63, 3.8) is 0 Å². The molecule has 1 N–H and O–H groups in total. The molecule has 0 radical (unpaired) electrons. The third kappa shape index (κ3) is 3.13. The first kappa shape index (κ1) is 16.5. The summed E-state index contributed by atoms with van der Waals surface area (Å²) in [4.78, 5) is 15.0. The van der Waals surface area contributed by atoms with E-state index in [-0.39, 0.29) is 11.9 Å². The summed E-state index contributed by atoms with van der Waals surface area (Å²) in [6.45, 7) is 4.99. The minimum atomic E-state index is -0.327. The highest BCUT2D eigenvalue weighted by Gasteiger charge is 2.29. The highest BCUT2D eigenvalue weighted by Crippen LogP contribution is 2.35. The van der Waals surface area contributed by atoms with E-state index in [4.69, 9.17) is 0 Å². The Balaban J connectivity index is 2.19. The zero-order chi connectivity index (χ0) is 17.1. The average molecular weight is 320 g/mol. The van der Waals surface area contributed by atoms with Crippen molar-refractivity contribution in [2.45, 2.75) is 19.9 Å². The molecule has 24 heavy (non-hydrogen) atoms. The lowest BCUT2D eigenvalue weighted by Crippen LogP contribution is -2.45. The molecule has 1 atom stereocenters. The second-order valence-corrected chi connectivity index (χ2v) is 6.57. The lowest BCUT2D eigenvalue weighted by atomic mass is 9.95. The SMILES string of the molecule is CNC1C=C(c2ccccc2)c2ccccc2N(CC(C)C)C1=O. The number of anilines is 1. The summed E-state index contributed by atoms with van der Waals surface area (Å²) in [5, 5.41) is 3.16. The molecule has 1 aliphatic rings. The first-order chi connectivity index (χ1) is 11.6. The number of para-hydroxylation sites is 1. The Hall–Kier alpha value is -2.39. The molecular weight excluding hydrogens is 296 g/mol. The van der Waals surface area contributed by atoms with Gasteiger partial charge in [-0.1, -0.05) is 62.4 Å². The van der Waals surface area contributed by atoms with Crippen LogP contribution in [-0.2, 0) is 4.79 Å². The molecule has 0 fully saturated rings. The maximum Gasteiger partial charge on any atom is 0.248 e. The Morgan fingerprint density at radius 1 is 1.04 bits per heavy atom. The highest BCUT2D eigenvalue weighted by molar-refractivity contribution is 6.05. The van der Waals surface area contributed by atoms with Crippen molar-refractivity contribution in [3.8, 4) is 0 Å². The molecule has 3 heteroatoms. The van der Waals surface area contributed by atoms with Crippen LogP contribution in [0.5, 0.6) is 0 Å². The van der Waals surface area contributed by atoms with Gasteiger partial charge in [0.25, 0.3) is 0 Å². The van der Waals surface area contributed by atoms with Crippen molar-refractivity contribution in [2.24, 2.45) is 5.92 Å². The Morgan fingerprint density at radius 3 is 2.38 bits per heavy atom. The first-order valence-electron chi connectivity index (χ1n) is 8.47. The number of nitrogens with one attached hydrogen (secondary N) is 1. The van der Waals surface area contributed by atoms with E-state index in [2.05, 4.69) is 43.4 Å². The van der Waals surface area contributed by atoms with Gasteiger partial charge in [-0.05, 0) is 36.2 Å². The number of fused-ring (bicyclic) bond motifs is 1. The summed E-state index contributed by atoms with van der Waals surface area (Å²) >= 11 is 0. The summed E-state index contributed by atoms with van der Waals surface area (Å²) in [6.07, 6.45) is 2.05. The number of amides is 1. The van der Waals surface area contributed by atoms with Crippen LogP contribution < -0.4 is 10.2 Å². The van der Waals surface area contributed by atoms with Crippen molar-refractivity contribution >= 4 is 17.2 Å². The number of carbonyl (C=O) groups is 1. The van der Waals surface area contributed by atoms with Crippen LogP contribution in [0.25, 0.3) is 5.57 Å². The Kier molecular flexibility index (Phi) is 4.81. The molecule has 124 valence electrons. The van der Waals surface area contributed by atoms with Crippen molar-refractivity contribution < 1.29 is 4.79 Å². The molecule has 1 unspecified atom stereocenters. The van der Waals surface area contributed by atoms with Crippen LogP contribution in [-0.4, -0.2) is 25.5 Å². The fraction of sp³-hybridized carbons (Fsp3) is 0.286. The minimum absolute atomic E-state index is 0.101. The normalized spacial score (nSPS) is 17.5. The van der Waals surface area contributed by atoms with Gasteiger partial charge in [-0.15, -0.1) is 0 Å². The molecule has 0 aromatic heterocycles. The molecule has 1 amide bonds. The van der Waals surface area contributed by atoms with Gasteiger partial charge in [-0.3, -0.25) is 4.79 Å². The van der Waals surface area contributed by atoms with Gasteiger partial charge in [-0.25, -0.2) is 0 Å². The van der Waals surface area contributed by atoms with Gasteiger partial charge < -0.3 is 10.2 Å². The maximum atomic E-state index is 13.1. The van der Waals surface area contributed by atoms with Gasteiger partial charge in [0.15, 0.2) is 0 Å². The van der Waals surface area contributed by atoms with E-state index in [0.717, 1.165) is 22.4 Å². The predicted octanol–water partition coefficient (Wildman–Crippen LogP) is 3.71. The number of carbonyl (C=O) groups excluding carboxylic acids is 1. The topological polar surface area (TPSA) is 32.3 Å². The van der Waals surface area contributed by atoms with Crippen LogP contribution in [0.3, 0.4) is 0 Å². The Morgan fingerprint density at radius 2 is 1.71 bits per heavy atom. The average Bonchev–Trinajstić information content (AvgIpc) is 2.71. The van der Waals surface area contributed by atoms with Gasteiger partial charge in [0, 0.05) is 12.1 Å². The van der Waals surface area contributed by atoms with Gasteiger partial charge in [0.1, 0.15) is 6.04 Å². The van der Waals surface area contributed by atoms with E-state index in [1.807, 2.05) is 48.3 Å². The van der Waals surface area contributed by atoms with Crippen molar-refractivity contribution in [1.82, 2.24) is 5.32 Å². The van der Waals surface area contributed by atoms with E-state index >= 15 is 0 Å². The van der Waals surface area contributed by atoms with Crippen LogP contribution >= 0.6 is 0 Å². The summed E-state index contributed by atoms with van der Waals surface area (Å²) in [7, 11) is 1.84. The minimum Gasteiger partial charge on any atom is -0.310 e. The quantitative estimate of drug-likeness (QED) is 0.931. The van der Waals surface area contributed by atoms with E-state index in [9.17, 15) is 4.79 Å². The van der Waals surface area contributed by atoms with Crippen molar-refractivity contribution in [2.75, 3.05) is 18.5 Å². The molecule has 3 nitrogen and oxygen atoms in total. The van der Waals surface area contributed by atoms with E-state index in [0.29, 0.717) is 12.5 Å². The molecule has 3 rings (SSSR count). The molecule has 2 aromatic rings. The standard InChI is InChI=1S/C21H24N2O/c1-15(2)14-23-20-12-8-7-11-17(20)18(13-19(22-3)21(23)24)16-9-5-4-6-10-16/h4-13,15,19,22H,14H2,1-3H3. The maximum absolute atomic E-state index is 13.1. The number of benzene rings is 2. The number of hydrogen-bond donors (Lipinski definition) is 1. The molecular formula is C21H24N2O. The second-order valence-electron chi connectivity index (χ2n) is 6.57. The molecule has 0 spiro atoms. The summed E-state index contributed by atoms with van der Waals surface area (Å²) < 4.78 is 0. The van der Waals surface area contributed by atoms with E-state index in [1.165, 1.54) is 0 Å². The van der Waals surface area contributed by atoms with Gasteiger partial charge in [0.05, 0.1) is 5.69 Å². The monoisotopic (exact) mass is 320 g/mol. The zero-order valence-corrected chi connectivity index (χ0v) is 14.5. The van der Waals surface area contributed by atoms with Crippen molar-refractivity contribution in [3.05, 3.63) is 71.8 Å². The van der Waals surface area contributed by atoms with Crippen LogP contribution in [0.4, 0.5) is 5.69 Å². The molecule has 1 heterocycles. The number of likely N-dealkylation sites (N-methyl/N-ethyl adjacent to an activating group) is 1. The molecule has 0 saturated carbocycles. The Labute approximate surface area is 144 Å². The highest BCUT2D eigenvalue weighted by atomic mass is 16.2. The zero-order valence-electron chi connectivity index (χ0n) is 14.5. The molecule has 2 aromatic carbocycles. The van der Waals surface area contributed by atoms with Crippen LogP contribution in [0.1, 0.15) is 25.0 Å². The van der Waals surface area contributed by atoms with Gasteiger partial charge in [0.2, 0.25) is 5.91 Å². The molecule has 0 bridgehead atoms. The summed E-state index contributed by atoms with van der Waals surface area (Å²) in [5.74, 6) is 0.502. The number of hydrogen-bond acceptors (Lipinski definition) is 2. The molecule has 1 aliphatic heterocycles. The summed E-state index contributed by atoms with van der Waals surface area (Å²) in [5.41, 5.74) is 4.33. The largest absolute Gasteiger partial charge is 0.310 e. The lowest BCUT2D eigenvalue weighted by molar-refractivity contribution is -0.119. The summed E-state index contributed by atoms with van der Waals surface area (Å²) in [6, 6.07) is 18.1. The fourth-order valence-corrected chi connectivity index (χ4v) is 3.18. The Bertz CT molecular complexity index is 749. The van der Waals surface area contributed by atoms with Gasteiger partial charge in [-0.2, -0.15) is 0 Å². The second kappa shape index (κ2) is 7.02. The van der Waals surface area contributed by atoms with Crippen LogP contribution in [0, 0.1) is 5.92 Å². The van der Waals surface area contributed by atoms with E-state index in [1.54, 1.807) is 0 Å². The van der Waals surface area contributed by atoms with Crippen LogP contribution in [0.15, 0.2) is 60.7 Å². The third-order valence-corrected chi connectivity index (χ3v) is 4.29. The third-order valence-electron chi connectivity index (χ3n) is 4.29. The molecule has 0 saturated heterocycles. The van der Waals surface area contributed by atoms with Crippen molar-refractivity contribution in [1.29, 1.82) is 0 Å². The predicted molar refractivity (Wildman–Crippen MR) is 100 cm³/mol. The molecule has 0 aliphatic carbocycles. The van der Waals surface area contributed by atoms with Gasteiger partial charge >= 0.3 is 0 Å². The first-order valence-corrected chi connectivity index (χ1v) is 8.47. The lowest BCUT2D eigenvalue weighted by Gasteiger charge is -2.27. The fourth-order valence-electron chi connectivity index (χ4n) is 3.18. The smallest absolute Gasteiger partial charge is 0.248 e. The number of rotatable bonds is 4. The van der Waals surface area contributed by atoms with Crippen LogP contribution in [0.2, 0.25) is 0 Å². The number of nitrogens with zero attached hydrogens (tertiary/aromatic N) is 1.